The summed E-state index contributed by atoms with van der Waals surface area (Å²) in [5.74, 6) is 0. The van der Waals surface area contributed by atoms with Gasteiger partial charge in [0.2, 0.25) is 0 Å². The van der Waals surface area contributed by atoms with Gasteiger partial charge in [-0.1, -0.05) is 51.4 Å². The van der Waals surface area contributed by atoms with Gasteiger partial charge in [-0.2, -0.15) is 10.2 Å². The van der Waals surface area contributed by atoms with Gasteiger partial charge in [-0.15, -0.1) is 24.8 Å². The molecule has 0 amide bonds. The minimum Gasteiger partial charge on any atom is -0.253 e. The minimum atomic E-state index is 0. The second kappa shape index (κ2) is 15.4. The summed E-state index contributed by atoms with van der Waals surface area (Å²) in [6.45, 7) is 2.01. The van der Waals surface area contributed by atoms with Crippen LogP contribution in [0.1, 0.15) is 64.2 Å². The first-order valence-electron chi connectivity index (χ1n) is 8.60. The summed E-state index contributed by atoms with van der Waals surface area (Å²) in [4.78, 5) is 7.90. The summed E-state index contributed by atoms with van der Waals surface area (Å²) in [5.41, 5.74) is 0. The molecule has 0 aliphatic carbocycles. The maximum Gasteiger partial charge on any atom is 0.137 e. The van der Waals surface area contributed by atoms with E-state index in [9.17, 15) is 0 Å². The Bertz CT molecular complexity index is 417. The van der Waals surface area contributed by atoms with Crippen molar-refractivity contribution in [1.82, 2.24) is 29.5 Å². The molecule has 24 heavy (non-hydrogen) atoms. The Labute approximate surface area is 157 Å². The molecule has 0 aliphatic rings. The van der Waals surface area contributed by atoms with E-state index in [0.29, 0.717) is 0 Å². The van der Waals surface area contributed by atoms with E-state index in [0.717, 1.165) is 13.1 Å². The average molecular weight is 377 g/mol. The largest absolute Gasteiger partial charge is 0.253 e. The standard InChI is InChI=1S/C16H28N6.2ClH/c1(3-5-7-9-11-21-15-17-13-19-21)2-4-6-8-10-12-22-16-18-14-20-22;;/h13-16H,1-12H2;2*1H. The normalized spacial score (nSPS) is 10.2. The van der Waals surface area contributed by atoms with E-state index >= 15 is 0 Å². The maximum absolute atomic E-state index is 4.11. The number of unbranched alkanes of at least 4 members (excludes halogenated alkanes) is 9. The van der Waals surface area contributed by atoms with Crippen LogP contribution >= 0.6 is 24.8 Å². The molecule has 2 heterocycles. The van der Waals surface area contributed by atoms with E-state index in [1.807, 2.05) is 9.36 Å². The van der Waals surface area contributed by atoms with Crippen LogP contribution in [0.2, 0.25) is 0 Å². The van der Waals surface area contributed by atoms with Crippen molar-refractivity contribution < 1.29 is 0 Å². The number of halogens is 2. The van der Waals surface area contributed by atoms with Gasteiger partial charge in [0.05, 0.1) is 0 Å². The van der Waals surface area contributed by atoms with Gasteiger partial charge in [0.1, 0.15) is 25.3 Å². The van der Waals surface area contributed by atoms with Crippen LogP contribution < -0.4 is 0 Å². The fourth-order valence-corrected chi connectivity index (χ4v) is 2.66. The summed E-state index contributed by atoms with van der Waals surface area (Å²) < 4.78 is 3.83. The number of nitrogens with zero attached hydrogens (tertiary/aromatic N) is 6. The molecule has 0 aromatic carbocycles. The van der Waals surface area contributed by atoms with Crippen molar-refractivity contribution in [1.29, 1.82) is 0 Å². The van der Waals surface area contributed by atoms with Crippen molar-refractivity contribution in [3.63, 3.8) is 0 Å². The lowest BCUT2D eigenvalue weighted by molar-refractivity contribution is 0.502. The number of aryl methyl sites for hydroxylation is 2. The van der Waals surface area contributed by atoms with Crippen LogP contribution in [0.5, 0.6) is 0 Å². The molecular weight excluding hydrogens is 347 g/mol. The molecule has 0 saturated heterocycles. The highest BCUT2D eigenvalue weighted by Crippen LogP contribution is 2.11. The molecule has 2 aromatic rings. The predicted octanol–water partition coefficient (Wildman–Crippen LogP) is 4.31. The zero-order chi connectivity index (χ0) is 15.3. The Morgan fingerprint density at radius 2 is 0.833 bits per heavy atom. The van der Waals surface area contributed by atoms with E-state index in [4.69, 9.17) is 0 Å². The summed E-state index contributed by atoms with van der Waals surface area (Å²) in [6.07, 6.45) is 20.0. The summed E-state index contributed by atoms with van der Waals surface area (Å²) in [5, 5.41) is 8.22. The molecule has 138 valence electrons. The predicted molar refractivity (Wildman–Crippen MR) is 101 cm³/mol. The lowest BCUT2D eigenvalue weighted by atomic mass is 10.1. The Kier molecular flexibility index (Phi) is 14.7. The van der Waals surface area contributed by atoms with Gasteiger partial charge in [-0.25, -0.2) is 9.97 Å². The zero-order valence-corrected chi connectivity index (χ0v) is 15.9. The molecular formula is C16H30Cl2N6. The Hall–Kier alpha value is -1.14. The van der Waals surface area contributed by atoms with Crippen LogP contribution in [-0.4, -0.2) is 29.5 Å². The summed E-state index contributed by atoms with van der Waals surface area (Å²) >= 11 is 0. The van der Waals surface area contributed by atoms with Crippen LogP contribution in [0.3, 0.4) is 0 Å². The molecule has 8 heteroatoms. The van der Waals surface area contributed by atoms with E-state index in [1.54, 1.807) is 25.3 Å². The van der Waals surface area contributed by atoms with Crippen molar-refractivity contribution in [3.8, 4) is 0 Å². The molecule has 0 radical (unpaired) electrons. The fourth-order valence-electron chi connectivity index (χ4n) is 2.66. The van der Waals surface area contributed by atoms with E-state index in [-0.39, 0.29) is 24.8 Å². The van der Waals surface area contributed by atoms with Gasteiger partial charge >= 0.3 is 0 Å². The second-order valence-electron chi connectivity index (χ2n) is 5.85. The Morgan fingerprint density at radius 3 is 1.12 bits per heavy atom. The lowest BCUT2D eigenvalue weighted by Crippen LogP contribution is -1.98. The molecule has 2 aromatic heterocycles. The molecule has 0 atom stereocenters. The molecule has 0 saturated carbocycles. The van der Waals surface area contributed by atoms with E-state index in [1.165, 1.54) is 64.2 Å². The van der Waals surface area contributed by atoms with Crippen molar-refractivity contribution >= 4 is 24.8 Å². The van der Waals surface area contributed by atoms with Crippen LogP contribution in [0.25, 0.3) is 0 Å². The second-order valence-corrected chi connectivity index (χ2v) is 5.85. The van der Waals surface area contributed by atoms with Crippen molar-refractivity contribution in [2.75, 3.05) is 0 Å². The number of aromatic nitrogens is 6. The van der Waals surface area contributed by atoms with Crippen LogP contribution in [0.15, 0.2) is 25.3 Å². The quantitative estimate of drug-likeness (QED) is 0.488. The van der Waals surface area contributed by atoms with Gasteiger partial charge in [0, 0.05) is 13.1 Å². The first kappa shape index (κ1) is 22.9. The summed E-state index contributed by atoms with van der Waals surface area (Å²) in [7, 11) is 0. The third-order valence-corrected chi connectivity index (χ3v) is 3.96. The van der Waals surface area contributed by atoms with Crippen molar-refractivity contribution in [2.24, 2.45) is 0 Å². The Balaban J connectivity index is 0.00000264. The number of hydrogen-bond donors (Lipinski definition) is 0. The monoisotopic (exact) mass is 376 g/mol. The fraction of sp³-hybridized carbons (Fsp3) is 0.750. The van der Waals surface area contributed by atoms with Crippen LogP contribution in [0.4, 0.5) is 0 Å². The molecule has 0 spiro atoms. The van der Waals surface area contributed by atoms with E-state index in [2.05, 4.69) is 20.2 Å². The van der Waals surface area contributed by atoms with Crippen molar-refractivity contribution in [3.05, 3.63) is 25.3 Å². The van der Waals surface area contributed by atoms with E-state index < -0.39 is 0 Å². The first-order chi connectivity index (χ1) is 10.9. The molecule has 6 nitrogen and oxygen atoms in total. The third kappa shape index (κ3) is 10.6. The maximum atomic E-state index is 4.11. The number of hydrogen-bond acceptors (Lipinski definition) is 4. The van der Waals surface area contributed by atoms with Gasteiger partial charge in [-0.05, 0) is 12.8 Å². The SMILES string of the molecule is Cl.Cl.c1ncn(CCCCCCCCCCCCn2cncn2)n1. The zero-order valence-electron chi connectivity index (χ0n) is 14.3. The van der Waals surface area contributed by atoms with Crippen molar-refractivity contribution in [2.45, 2.75) is 77.3 Å². The number of rotatable bonds is 13. The average Bonchev–Trinajstić information content (AvgIpc) is 3.21. The van der Waals surface area contributed by atoms with Crippen LogP contribution in [0, 0.1) is 0 Å². The van der Waals surface area contributed by atoms with Gasteiger partial charge in [-0.3, -0.25) is 9.36 Å². The highest BCUT2D eigenvalue weighted by Gasteiger charge is 1.95. The molecule has 0 fully saturated rings. The topological polar surface area (TPSA) is 61.4 Å². The van der Waals surface area contributed by atoms with Gasteiger partial charge in [0.15, 0.2) is 0 Å². The molecule has 0 unspecified atom stereocenters. The smallest absolute Gasteiger partial charge is 0.137 e. The van der Waals surface area contributed by atoms with Gasteiger partial charge in [0.25, 0.3) is 0 Å². The molecule has 0 N–H and O–H groups in total. The molecule has 0 bridgehead atoms. The minimum absolute atomic E-state index is 0. The highest BCUT2D eigenvalue weighted by atomic mass is 35.5. The van der Waals surface area contributed by atoms with Crippen LogP contribution in [-0.2, 0) is 13.1 Å². The first-order valence-corrected chi connectivity index (χ1v) is 8.60. The lowest BCUT2D eigenvalue weighted by Gasteiger charge is -2.03. The molecule has 2 rings (SSSR count). The Morgan fingerprint density at radius 1 is 0.500 bits per heavy atom. The molecule has 0 aliphatic heterocycles. The van der Waals surface area contributed by atoms with Gasteiger partial charge < -0.3 is 0 Å². The summed E-state index contributed by atoms with van der Waals surface area (Å²) in [6, 6.07) is 0. The highest BCUT2D eigenvalue weighted by molar-refractivity contribution is 5.85. The third-order valence-electron chi connectivity index (χ3n) is 3.96.